The lowest BCUT2D eigenvalue weighted by atomic mass is 10.1. The summed E-state index contributed by atoms with van der Waals surface area (Å²) in [5.41, 5.74) is 6.69. The van der Waals surface area contributed by atoms with E-state index >= 15 is 0 Å². The largest absolute Gasteiger partial charge is 0.383 e. The summed E-state index contributed by atoms with van der Waals surface area (Å²) in [6.07, 6.45) is 5.68. The summed E-state index contributed by atoms with van der Waals surface area (Å²) in [5.74, 6) is 1.05. The van der Waals surface area contributed by atoms with Crippen molar-refractivity contribution in [3.63, 3.8) is 0 Å². The summed E-state index contributed by atoms with van der Waals surface area (Å²) in [5, 5.41) is 8.21. The maximum atomic E-state index is 5.93. The smallest absolute Gasteiger partial charge is 0.226 e. The minimum absolute atomic E-state index is 0.476. The summed E-state index contributed by atoms with van der Waals surface area (Å²) >= 11 is 0. The molecule has 0 aromatic carbocycles. The lowest BCUT2D eigenvalue weighted by molar-refractivity contribution is 0.237. The van der Waals surface area contributed by atoms with Crippen LogP contribution in [0.2, 0.25) is 0 Å². The number of piperidine rings is 1. The lowest BCUT2D eigenvalue weighted by Crippen LogP contribution is -2.33. The van der Waals surface area contributed by atoms with Gasteiger partial charge in [-0.05, 0) is 25.9 Å². The van der Waals surface area contributed by atoms with Crippen molar-refractivity contribution in [1.29, 1.82) is 0 Å². The minimum Gasteiger partial charge on any atom is -0.383 e. The quantitative estimate of drug-likeness (QED) is 0.860. The van der Waals surface area contributed by atoms with Gasteiger partial charge in [-0.2, -0.15) is 15.1 Å². The van der Waals surface area contributed by atoms with Crippen molar-refractivity contribution in [3.05, 3.63) is 6.20 Å². The Balaban J connectivity index is 1.63. The molecule has 0 bridgehead atoms. The molecule has 1 aliphatic heterocycles. The standard InChI is InChI=1S/C13H21N7/c1-19-12-10(9-16-19)11(14)17-13(18-12)15-5-8-20-6-3-2-4-7-20/h9H,2-8H2,1H3,(H3,14,15,17,18). The molecule has 3 rings (SSSR count). The number of anilines is 2. The molecular weight excluding hydrogens is 254 g/mol. The van der Waals surface area contributed by atoms with Gasteiger partial charge in [0.1, 0.15) is 5.82 Å². The molecule has 2 aromatic heterocycles. The highest BCUT2D eigenvalue weighted by Crippen LogP contribution is 2.18. The molecule has 7 nitrogen and oxygen atoms in total. The summed E-state index contributed by atoms with van der Waals surface area (Å²) in [7, 11) is 1.85. The van der Waals surface area contributed by atoms with Crippen LogP contribution in [0.3, 0.4) is 0 Å². The molecule has 0 unspecified atom stereocenters. The Morgan fingerprint density at radius 1 is 1.25 bits per heavy atom. The van der Waals surface area contributed by atoms with Crippen molar-refractivity contribution in [2.75, 3.05) is 37.2 Å². The van der Waals surface area contributed by atoms with Crippen molar-refractivity contribution < 1.29 is 0 Å². The van der Waals surface area contributed by atoms with E-state index in [0.717, 1.165) is 24.1 Å². The average Bonchev–Trinajstić information content (AvgIpc) is 2.82. The van der Waals surface area contributed by atoms with Crippen LogP contribution in [-0.4, -0.2) is 50.8 Å². The zero-order valence-electron chi connectivity index (χ0n) is 11.8. The van der Waals surface area contributed by atoms with Crippen molar-refractivity contribution in [2.45, 2.75) is 19.3 Å². The number of hydrogen-bond donors (Lipinski definition) is 2. The molecule has 0 amide bonds. The number of nitrogens with two attached hydrogens (primary N) is 1. The van der Waals surface area contributed by atoms with E-state index in [1.807, 2.05) is 7.05 Å². The third-order valence-corrected chi connectivity index (χ3v) is 3.78. The number of likely N-dealkylation sites (tertiary alicyclic amines) is 1. The Labute approximate surface area is 118 Å². The van der Waals surface area contributed by atoms with Crippen molar-refractivity contribution in [3.8, 4) is 0 Å². The number of aryl methyl sites for hydroxylation is 1. The molecule has 3 N–H and O–H groups in total. The van der Waals surface area contributed by atoms with Crippen LogP contribution < -0.4 is 11.1 Å². The van der Waals surface area contributed by atoms with Crippen LogP contribution in [0.15, 0.2) is 6.20 Å². The highest BCUT2D eigenvalue weighted by molar-refractivity contribution is 5.86. The second-order valence-corrected chi connectivity index (χ2v) is 5.27. The predicted molar refractivity (Wildman–Crippen MR) is 79.5 cm³/mol. The third-order valence-electron chi connectivity index (χ3n) is 3.78. The molecule has 0 atom stereocenters. The molecule has 2 aromatic rings. The van der Waals surface area contributed by atoms with Gasteiger partial charge >= 0.3 is 0 Å². The van der Waals surface area contributed by atoms with E-state index < -0.39 is 0 Å². The van der Waals surface area contributed by atoms with Crippen LogP contribution in [0.25, 0.3) is 11.0 Å². The van der Waals surface area contributed by atoms with E-state index in [4.69, 9.17) is 5.73 Å². The van der Waals surface area contributed by atoms with Gasteiger partial charge in [0.05, 0.1) is 11.6 Å². The van der Waals surface area contributed by atoms with Gasteiger partial charge in [-0.1, -0.05) is 6.42 Å². The highest BCUT2D eigenvalue weighted by Gasteiger charge is 2.11. The maximum Gasteiger partial charge on any atom is 0.226 e. The predicted octanol–water partition coefficient (Wildman–Crippen LogP) is 0.843. The first-order valence-corrected chi connectivity index (χ1v) is 7.15. The fourth-order valence-corrected chi connectivity index (χ4v) is 2.63. The molecule has 1 fully saturated rings. The van der Waals surface area contributed by atoms with Crippen LogP contribution in [-0.2, 0) is 7.05 Å². The number of nitrogens with one attached hydrogen (secondary N) is 1. The van der Waals surface area contributed by atoms with Gasteiger partial charge in [0.2, 0.25) is 5.95 Å². The van der Waals surface area contributed by atoms with Gasteiger partial charge in [0, 0.05) is 20.1 Å². The van der Waals surface area contributed by atoms with Gasteiger partial charge in [0.25, 0.3) is 0 Å². The maximum absolute atomic E-state index is 5.93. The first-order valence-electron chi connectivity index (χ1n) is 7.15. The van der Waals surface area contributed by atoms with Crippen LogP contribution in [0.5, 0.6) is 0 Å². The van der Waals surface area contributed by atoms with Crippen LogP contribution in [0.4, 0.5) is 11.8 Å². The highest BCUT2D eigenvalue weighted by atomic mass is 15.3. The number of fused-ring (bicyclic) bond motifs is 1. The monoisotopic (exact) mass is 275 g/mol. The third kappa shape index (κ3) is 2.67. The normalized spacial score (nSPS) is 16.6. The zero-order valence-corrected chi connectivity index (χ0v) is 11.8. The van der Waals surface area contributed by atoms with Gasteiger partial charge in [-0.15, -0.1) is 0 Å². The second kappa shape index (κ2) is 5.62. The first-order chi connectivity index (χ1) is 9.74. The Kier molecular flexibility index (Phi) is 3.68. The van der Waals surface area contributed by atoms with Crippen molar-refractivity contribution >= 4 is 22.8 Å². The number of hydrogen-bond acceptors (Lipinski definition) is 6. The SMILES string of the molecule is Cn1ncc2c(N)nc(NCCN3CCCCC3)nc21. The summed E-state index contributed by atoms with van der Waals surface area (Å²) in [4.78, 5) is 11.2. The van der Waals surface area contributed by atoms with E-state index in [9.17, 15) is 0 Å². The van der Waals surface area contributed by atoms with E-state index in [2.05, 4.69) is 25.3 Å². The molecule has 0 saturated carbocycles. The minimum atomic E-state index is 0.476. The first kappa shape index (κ1) is 13.1. The molecule has 108 valence electrons. The number of nitrogens with zero attached hydrogens (tertiary/aromatic N) is 5. The average molecular weight is 275 g/mol. The van der Waals surface area contributed by atoms with E-state index in [0.29, 0.717) is 11.8 Å². The molecule has 1 saturated heterocycles. The Morgan fingerprint density at radius 3 is 2.85 bits per heavy atom. The molecule has 1 aliphatic rings. The Morgan fingerprint density at radius 2 is 2.05 bits per heavy atom. The van der Waals surface area contributed by atoms with Gasteiger partial charge in [0.15, 0.2) is 5.65 Å². The van der Waals surface area contributed by atoms with Crippen LogP contribution in [0, 0.1) is 0 Å². The van der Waals surface area contributed by atoms with Crippen LogP contribution >= 0.6 is 0 Å². The molecule has 3 heterocycles. The number of aromatic nitrogens is 4. The lowest BCUT2D eigenvalue weighted by Gasteiger charge is -2.26. The van der Waals surface area contributed by atoms with Crippen molar-refractivity contribution in [1.82, 2.24) is 24.6 Å². The topological polar surface area (TPSA) is 84.9 Å². The molecule has 0 radical (unpaired) electrons. The number of nitrogen functional groups attached to an aromatic ring is 1. The van der Waals surface area contributed by atoms with E-state index in [1.165, 1.54) is 32.4 Å². The Bertz CT molecular complexity index is 586. The zero-order chi connectivity index (χ0) is 13.9. The molecule has 20 heavy (non-hydrogen) atoms. The van der Waals surface area contributed by atoms with Gasteiger partial charge in [-0.25, -0.2) is 0 Å². The van der Waals surface area contributed by atoms with Crippen molar-refractivity contribution in [2.24, 2.45) is 7.05 Å². The summed E-state index contributed by atoms with van der Waals surface area (Å²) in [6.45, 7) is 4.26. The fourth-order valence-electron chi connectivity index (χ4n) is 2.63. The van der Waals surface area contributed by atoms with E-state index in [1.54, 1.807) is 10.9 Å². The second-order valence-electron chi connectivity index (χ2n) is 5.27. The summed E-state index contributed by atoms with van der Waals surface area (Å²) < 4.78 is 1.71. The fraction of sp³-hybridized carbons (Fsp3) is 0.615. The van der Waals surface area contributed by atoms with E-state index in [-0.39, 0.29) is 0 Å². The molecule has 0 spiro atoms. The molecule has 7 heteroatoms. The van der Waals surface area contributed by atoms with Crippen LogP contribution in [0.1, 0.15) is 19.3 Å². The van der Waals surface area contributed by atoms with Gasteiger partial charge in [-0.3, -0.25) is 4.68 Å². The molecule has 0 aliphatic carbocycles. The Hall–Kier alpha value is -1.89. The number of rotatable bonds is 4. The molecular formula is C13H21N7. The van der Waals surface area contributed by atoms with Gasteiger partial charge < -0.3 is 16.0 Å². The summed E-state index contributed by atoms with van der Waals surface area (Å²) in [6, 6.07) is 0.